The molecule has 1 aliphatic heterocycles. The molecule has 2 aromatic heterocycles. The van der Waals surface area contributed by atoms with Gasteiger partial charge in [0.2, 0.25) is 0 Å². The van der Waals surface area contributed by atoms with Gasteiger partial charge in [-0.2, -0.15) is 5.26 Å². The van der Waals surface area contributed by atoms with E-state index in [4.69, 9.17) is 19.7 Å². The number of nitrogens with one attached hydrogen (secondary N) is 1. The van der Waals surface area contributed by atoms with Crippen LogP contribution in [0.4, 0.5) is 0 Å². The predicted octanol–water partition coefficient (Wildman–Crippen LogP) is 5.86. The van der Waals surface area contributed by atoms with Crippen LogP contribution in [0.15, 0.2) is 90.7 Å². The van der Waals surface area contributed by atoms with Crippen LogP contribution in [0, 0.1) is 11.3 Å². The fourth-order valence-electron chi connectivity index (χ4n) is 3.65. The van der Waals surface area contributed by atoms with Gasteiger partial charge in [-0.25, -0.2) is 4.98 Å². The van der Waals surface area contributed by atoms with Crippen molar-refractivity contribution >= 4 is 5.76 Å². The first-order valence-corrected chi connectivity index (χ1v) is 10.4. The first-order chi connectivity index (χ1) is 15.8. The summed E-state index contributed by atoms with van der Waals surface area (Å²) >= 11 is 0. The maximum Gasteiger partial charge on any atom is 0.187 e. The summed E-state index contributed by atoms with van der Waals surface area (Å²) in [6.07, 6.45) is 14.1. The first kappa shape index (κ1) is 19.6. The van der Waals surface area contributed by atoms with Crippen LogP contribution in [0.2, 0.25) is 0 Å². The van der Waals surface area contributed by atoms with Gasteiger partial charge in [0.25, 0.3) is 0 Å². The molecule has 6 nitrogen and oxygen atoms in total. The molecule has 0 saturated carbocycles. The second-order valence-electron chi connectivity index (χ2n) is 7.49. The topological polar surface area (TPSA) is 83.8 Å². The second kappa shape index (κ2) is 8.78. The molecular weight excluding hydrogens is 400 g/mol. The van der Waals surface area contributed by atoms with E-state index >= 15 is 0 Å². The number of imidazole rings is 1. The van der Waals surface area contributed by atoms with Crippen LogP contribution in [0.25, 0.3) is 28.5 Å². The molecule has 156 valence electrons. The zero-order chi connectivity index (χ0) is 21.8. The lowest BCUT2D eigenvalue weighted by molar-refractivity contribution is 0.272. The minimum absolute atomic E-state index is 0.544. The summed E-state index contributed by atoms with van der Waals surface area (Å²) in [5.41, 5.74) is 4.83. The molecule has 5 rings (SSSR count). The molecule has 0 bridgehead atoms. The highest BCUT2D eigenvalue weighted by molar-refractivity contribution is 5.76. The maximum absolute atomic E-state index is 9.08. The smallest absolute Gasteiger partial charge is 0.187 e. The number of nitrogens with zero attached hydrogens (tertiary/aromatic N) is 3. The van der Waals surface area contributed by atoms with Crippen LogP contribution < -0.4 is 0 Å². The molecule has 0 fully saturated rings. The van der Waals surface area contributed by atoms with E-state index in [1.807, 2.05) is 30.3 Å². The summed E-state index contributed by atoms with van der Waals surface area (Å²) in [7, 11) is 0. The summed E-state index contributed by atoms with van der Waals surface area (Å²) in [4.78, 5) is 12.6. The zero-order valence-corrected chi connectivity index (χ0v) is 17.3. The summed E-state index contributed by atoms with van der Waals surface area (Å²) in [6, 6.07) is 15.1. The van der Waals surface area contributed by atoms with Crippen molar-refractivity contribution in [1.29, 1.82) is 5.26 Å². The molecule has 0 saturated heterocycles. The molecule has 1 N–H and O–H groups in total. The Morgan fingerprint density at radius 2 is 2.00 bits per heavy atom. The highest BCUT2D eigenvalue weighted by Gasteiger charge is 2.22. The summed E-state index contributed by atoms with van der Waals surface area (Å²) in [6.45, 7) is 0. The third-order valence-corrected chi connectivity index (χ3v) is 5.26. The highest BCUT2D eigenvalue weighted by Crippen LogP contribution is 2.34. The van der Waals surface area contributed by atoms with Crippen molar-refractivity contribution in [2.75, 3.05) is 0 Å². The van der Waals surface area contributed by atoms with Crippen molar-refractivity contribution in [2.24, 2.45) is 0 Å². The van der Waals surface area contributed by atoms with Crippen LogP contribution in [0.3, 0.4) is 0 Å². The highest BCUT2D eigenvalue weighted by atomic mass is 16.5. The third-order valence-electron chi connectivity index (χ3n) is 5.26. The number of aromatic nitrogens is 3. The Labute approximate surface area is 185 Å². The Hall–Kier alpha value is -4.37. The number of nitriles is 1. The molecule has 3 heterocycles. The molecule has 1 aliphatic carbocycles. The normalized spacial score (nSPS) is 15.0. The van der Waals surface area contributed by atoms with Gasteiger partial charge < -0.3 is 14.5 Å². The van der Waals surface area contributed by atoms with Gasteiger partial charge in [0.1, 0.15) is 35.5 Å². The number of aromatic amines is 1. The van der Waals surface area contributed by atoms with Gasteiger partial charge in [-0.1, -0.05) is 29.9 Å². The number of hydrogen-bond donors (Lipinski definition) is 1. The largest absolute Gasteiger partial charge is 0.465 e. The SMILES string of the molecule is N#Cc1ccc(-c2nc(-c3ccccn3)c(C3=COC=C(CC4=CC=CCC4)O3)[nH]2)cc1. The van der Waals surface area contributed by atoms with Gasteiger partial charge in [0.05, 0.1) is 17.3 Å². The number of allylic oxidation sites excluding steroid dienone is 4. The van der Waals surface area contributed by atoms with Crippen LogP contribution in [-0.2, 0) is 9.47 Å². The molecule has 2 aliphatic rings. The maximum atomic E-state index is 9.08. The monoisotopic (exact) mass is 420 g/mol. The van der Waals surface area contributed by atoms with Crippen LogP contribution in [-0.4, -0.2) is 15.0 Å². The molecule has 0 atom stereocenters. The summed E-state index contributed by atoms with van der Waals surface area (Å²) < 4.78 is 11.8. The van der Waals surface area contributed by atoms with E-state index in [1.165, 1.54) is 5.57 Å². The Kier molecular flexibility index (Phi) is 5.38. The van der Waals surface area contributed by atoms with E-state index in [2.05, 4.69) is 34.3 Å². The van der Waals surface area contributed by atoms with Crippen LogP contribution in [0.5, 0.6) is 0 Å². The van der Waals surface area contributed by atoms with Gasteiger partial charge in [-0.15, -0.1) is 0 Å². The van der Waals surface area contributed by atoms with E-state index < -0.39 is 0 Å². The van der Waals surface area contributed by atoms with Crippen molar-refractivity contribution in [3.05, 3.63) is 102 Å². The molecule has 0 radical (unpaired) electrons. The second-order valence-corrected chi connectivity index (χ2v) is 7.49. The molecule has 0 amide bonds. The quantitative estimate of drug-likeness (QED) is 0.559. The Bertz CT molecular complexity index is 1290. The Balaban J connectivity index is 1.48. The van der Waals surface area contributed by atoms with E-state index in [-0.39, 0.29) is 0 Å². The number of ether oxygens (including phenoxy) is 2. The minimum Gasteiger partial charge on any atom is -0.465 e. The van der Waals surface area contributed by atoms with E-state index in [1.54, 1.807) is 30.9 Å². The van der Waals surface area contributed by atoms with Gasteiger partial charge in [0.15, 0.2) is 5.76 Å². The van der Waals surface area contributed by atoms with Crippen LogP contribution >= 0.6 is 0 Å². The standard InChI is InChI=1S/C26H20N4O2/c27-15-19-9-11-20(12-10-19)26-29-24(22-8-4-5-13-28-22)25(30-26)23-17-31-16-21(32-23)14-18-6-2-1-3-7-18/h1-2,4-6,8-13,16-17H,3,7,14H2,(H,29,30). The summed E-state index contributed by atoms with van der Waals surface area (Å²) in [5.74, 6) is 1.94. The fraction of sp³-hybridized carbons (Fsp3) is 0.115. The number of benzene rings is 1. The van der Waals surface area contributed by atoms with Gasteiger partial charge in [-0.3, -0.25) is 4.98 Å². The minimum atomic E-state index is 0.544. The number of H-pyrrole nitrogens is 1. The van der Waals surface area contributed by atoms with Crippen molar-refractivity contribution < 1.29 is 9.47 Å². The van der Waals surface area contributed by atoms with Crippen molar-refractivity contribution in [3.8, 4) is 28.8 Å². The lowest BCUT2D eigenvalue weighted by Gasteiger charge is -2.18. The third kappa shape index (κ3) is 4.09. The molecule has 3 aromatic rings. The number of hydrogen-bond acceptors (Lipinski definition) is 5. The van der Waals surface area contributed by atoms with E-state index in [9.17, 15) is 0 Å². The van der Waals surface area contributed by atoms with Crippen LogP contribution in [0.1, 0.15) is 30.5 Å². The first-order valence-electron chi connectivity index (χ1n) is 10.4. The van der Waals surface area contributed by atoms with Gasteiger partial charge in [0, 0.05) is 18.2 Å². The molecule has 1 aromatic carbocycles. The fourth-order valence-corrected chi connectivity index (χ4v) is 3.65. The van der Waals surface area contributed by atoms with Gasteiger partial charge in [-0.05, 0) is 49.2 Å². The zero-order valence-electron chi connectivity index (χ0n) is 17.3. The van der Waals surface area contributed by atoms with Crippen molar-refractivity contribution in [3.63, 3.8) is 0 Å². The molecule has 32 heavy (non-hydrogen) atoms. The average Bonchev–Trinajstić information content (AvgIpc) is 3.31. The molecule has 0 unspecified atom stereocenters. The van der Waals surface area contributed by atoms with E-state index in [0.29, 0.717) is 35.0 Å². The van der Waals surface area contributed by atoms with Crippen molar-refractivity contribution in [2.45, 2.75) is 19.3 Å². The number of rotatable bonds is 5. The Morgan fingerprint density at radius 3 is 2.75 bits per heavy atom. The lowest BCUT2D eigenvalue weighted by atomic mass is 10.0. The molecular formula is C26H20N4O2. The van der Waals surface area contributed by atoms with E-state index in [0.717, 1.165) is 29.9 Å². The summed E-state index contributed by atoms with van der Waals surface area (Å²) in [5, 5.41) is 9.08. The average molecular weight is 420 g/mol. The number of pyridine rings is 1. The van der Waals surface area contributed by atoms with Gasteiger partial charge >= 0.3 is 0 Å². The molecule has 6 heteroatoms. The predicted molar refractivity (Wildman–Crippen MR) is 121 cm³/mol. The van der Waals surface area contributed by atoms with Crippen molar-refractivity contribution in [1.82, 2.24) is 15.0 Å². The molecule has 0 spiro atoms. The lowest BCUT2D eigenvalue weighted by Crippen LogP contribution is -2.03. The Morgan fingerprint density at radius 1 is 1.09 bits per heavy atom.